The van der Waals surface area contributed by atoms with Crippen molar-refractivity contribution in [2.24, 2.45) is 23.2 Å². The van der Waals surface area contributed by atoms with Crippen molar-refractivity contribution in [2.75, 3.05) is 0 Å². The third-order valence-corrected chi connectivity index (χ3v) is 8.08. The Balaban J connectivity index is 1.38. The van der Waals surface area contributed by atoms with Gasteiger partial charge in [0.25, 0.3) is 5.91 Å². The van der Waals surface area contributed by atoms with Gasteiger partial charge in [0.2, 0.25) is 0 Å². The Morgan fingerprint density at radius 1 is 1.13 bits per heavy atom. The van der Waals surface area contributed by atoms with Gasteiger partial charge in [-0.3, -0.25) is 4.79 Å². The monoisotopic (exact) mass is 405 g/mol. The molecular formula is C26H35N3O. The van der Waals surface area contributed by atoms with E-state index >= 15 is 0 Å². The van der Waals surface area contributed by atoms with Crippen molar-refractivity contribution in [3.63, 3.8) is 0 Å². The third-order valence-electron chi connectivity index (χ3n) is 8.08. The highest BCUT2D eigenvalue weighted by Crippen LogP contribution is 2.61. The highest BCUT2D eigenvalue weighted by molar-refractivity contribution is 5.97. The van der Waals surface area contributed by atoms with Gasteiger partial charge in [-0.1, -0.05) is 31.2 Å². The number of nitrogens with zero attached hydrogens (tertiary/aromatic N) is 1. The quantitative estimate of drug-likeness (QED) is 0.494. The van der Waals surface area contributed by atoms with E-state index in [1.807, 2.05) is 6.92 Å². The zero-order valence-electron chi connectivity index (χ0n) is 18.6. The second-order valence-electron chi connectivity index (χ2n) is 10.1. The number of hydrogen-bond acceptors (Lipinski definition) is 3. The van der Waals surface area contributed by atoms with Gasteiger partial charge in [-0.05, 0) is 93.1 Å². The SMILES string of the molecule is CCc1ccc(C(C)N/C=C(/C#N)C(=O)NC(C)C23CC4CC(CC(C4)C2)C3)cc1. The molecular weight excluding hydrogens is 370 g/mol. The van der Waals surface area contributed by atoms with Crippen LogP contribution >= 0.6 is 0 Å². The zero-order valence-corrected chi connectivity index (χ0v) is 18.6. The van der Waals surface area contributed by atoms with E-state index in [0.717, 1.165) is 29.7 Å². The highest BCUT2D eigenvalue weighted by Gasteiger charge is 2.53. The van der Waals surface area contributed by atoms with Crippen LogP contribution in [0.4, 0.5) is 0 Å². The van der Waals surface area contributed by atoms with E-state index in [-0.39, 0.29) is 29.0 Å². The molecule has 4 heteroatoms. The molecule has 0 aliphatic heterocycles. The van der Waals surface area contributed by atoms with Crippen LogP contribution in [0.25, 0.3) is 0 Å². The normalized spacial score (nSPS) is 31.7. The van der Waals surface area contributed by atoms with Gasteiger partial charge in [0.1, 0.15) is 11.6 Å². The molecule has 5 rings (SSSR count). The number of rotatable bonds is 7. The number of amides is 1. The van der Waals surface area contributed by atoms with Crippen LogP contribution in [-0.2, 0) is 11.2 Å². The van der Waals surface area contributed by atoms with Crippen molar-refractivity contribution in [3.05, 3.63) is 47.2 Å². The Hall–Kier alpha value is -2.28. The minimum Gasteiger partial charge on any atom is -0.383 e. The average Bonchev–Trinajstić information content (AvgIpc) is 2.73. The van der Waals surface area contributed by atoms with Crippen molar-refractivity contribution in [1.29, 1.82) is 5.26 Å². The lowest BCUT2D eigenvalue weighted by atomic mass is 9.48. The zero-order chi connectivity index (χ0) is 21.3. The molecule has 0 heterocycles. The van der Waals surface area contributed by atoms with Gasteiger partial charge < -0.3 is 10.6 Å². The summed E-state index contributed by atoms with van der Waals surface area (Å²) in [5, 5.41) is 16.0. The molecule has 1 aromatic carbocycles. The number of hydrogen-bond donors (Lipinski definition) is 2. The Kier molecular flexibility index (Phi) is 5.91. The number of nitrogens with one attached hydrogen (secondary N) is 2. The second-order valence-corrected chi connectivity index (χ2v) is 10.1. The van der Waals surface area contributed by atoms with Gasteiger partial charge in [-0.2, -0.15) is 5.26 Å². The van der Waals surface area contributed by atoms with E-state index in [0.29, 0.717) is 0 Å². The van der Waals surface area contributed by atoms with E-state index in [1.165, 1.54) is 44.1 Å². The van der Waals surface area contributed by atoms with Crippen LogP contribution in [0.5, 0.6) is 0 Å². The van der Waals surface area contributed by atoms with Gasteiger partial charge in [0.05, 0.1) is 0 Å². The van der Waals surface area contributed by atoms with Gasteiger partial charge in [0.15, 0.2) is 0 Å². The van der Waals surface area contributed by atoms with Gasteiger partial charge in [0, 0.05) is 18.3 Å². The first-order valence-electron chi connectivity index (χ1n) is 11.7. The largest absolute Gasteiger partial charge is 0.383 e. The van der Waals surface area contributed by atoms with Crippen LogP contribution in [0.1, 0.15) is 76.5 Å². The predicted molar refractivity (Wildman–Crippen MR) is 119 cm³/mol. The topological polar surface area (TPSA) is 64.9 Å². The van der Waals surface area contributed by atoms with E-state index in [4.69, 9.17) is 0 Å². The Labute approximate surface area is 181 Å². The average molecular weight is 406 g/mol. The Morgan fingerprint density at radius 3 is 2.20 bits per heavy atom. The molecule has 0 spiro atoms. The fourth-order valence-electron chi connectivity index (χ4n) is 6.63. The van der Waals surface area contributed by atoms with Crippen LogP contribution in [0.2, 0.25) is 0 Å². The summed E-state index contributed by atoms with van der Waals surface area (Å²) in [6.07, 6.45) is 10.5. The van der Waals surface area contributed by atoms with E-state index in [1.54, 1.807) is 6.20 Å². The number of benzene rings is 1. The molecule has 160 valence electrons. The number of nitriles is 1. The summed E-state index contributed by atoms with van der Waals surface area (Å²) in [5.41, 5.74) is 2.84. The summed E-state index contributed by atoms with van der Waals surface area (Å²) in [7, 11) is 0. The fourth-order valence-corrected chi connectivity index (χ4v) is 6.63. The summed E-state index contributed by atoms with van der Waals surface area (Å²) in [6, 6.07) is 10.7. The fraction of sp³-hybridized carbons (Fsp3) is 0.615. The number of carbonyl (C=O) groups is 1. The lowest BCUT2D eigenvalue weighted by Gasteiger charge is -2.59. The molecule has 1 aromatic rings. The first kappa shape index (κ1) is 21.0. The van der Waals surface area contributed by atoms with Crippen molar-refractivity contribution in [2.45, 2.75) is 77.8 Å². The molecule has 4 fully saturated rings. The van der Waals surface area contributed by atoms with Crippen molar-refractivity contribution in [3.8, 4) is 6.07 Å². The van der Waals surface area contributed by atoms with Gasteiger partial charge in [-0.15, -0.1) is 0 Å². The summed E-state index contributed by atoms with van der Waals surface area (Å²) in [6.45, 7) is 6.34. The van der Waals surface area contributed by atoms with Gasteiger partial charge in [-0.25, -0.2) is 0 Å². The molecule has 1 amide bonds. The van der Waals surface area contributed by atoms with E-state index in [2.05, 4.69) is 54.8 Å². The Morgan fingerprint density at radius 2 is 1.70 bits per heavy atom. The Bertz CT molecular complexity index is 813. The molecule has 2 atom stereocenters. The van der Waals surface area contributed by atoms with Crippen molar-refractivity contribution >= 4 is 5.91 Å². The van der Waals surface area contributed by atoms with E-state index < -0.39 is 0 Å². The first-order chi connectivity index (χ1) is 14.4. The standard InChI is InChI=1S/C26H35N3O/c1-4-19-5-7-23(8-6-19)17(2)28-16-24(15-27)25(30)29-18(3)26-12-20-9-21(13-26)11-22(10-20)14-26/h5-8,16-18,20-22,28H,4,9-14H2,1-3H3,(H,29,30)/b24-16-. The molecule has 0 aromatic heterocycles. The lowest BCUT2D eigenvalue weighted by Crippen LogP contribution is -2.56. The number of aryl methyl sites for hydroxylation is 1. The molecule has 4 aliphatic rings. The predicted octanol–water partition coefficient (Wildman–Crippen LogP) is 5.03. The molecule has 0 radical (unpaired) electrons. The molecule has 4 bridgehead atoms. The molecule has 2 unspecified atom stereocenters. The summed E-state index contributed by atoms with van der Waals surface area (Å²) >= 11 is 0. The molecule has 4 saturated carbocycles. The summed E-state index contributed by atoms with van der Waals surface area (Å²) < 4.78 is 0. The molecule has 30 heavy (non-hydrogen) atoms. The lowest BCUT2D eigenvalue weighted by molar-refractivity contribution is -0.122. The minimum atomic E-state index is -0.248. The minimum absolute atomic E-state index is 0.0348. The highest BCUT2D eigenvalue weighted by atomic mass is 16.1. The second kappa shape index (κ2) is 8.46. The maximum atomic E-state index is 12.9. The maximum absolute atomic E-state index is 12.9. The molecule has 2 N–H and O–H groups in total. The molecule has 0 saturated heterocycles. The number of carbonyl (C=O) groups excluding carboxylic acids is 1. The van der Waals surface area contributed by atoms with Crippen LogP contribution in [0, 0.1) is 34.5 Å². The van der Waals surface area contributed by atoms with Crippen LogP contribution in [0.15, 0.2) is 36.0 Å². The molecule has 4 aliphatic carbocycles. The summed E-state index contributed by atoms with van der Waals surface area (Å²) in [5.74, 6) is 2.30. The van der Waals surface area contributed by atoms with Crippen LogP contribution in [-0.4, -0.2) is 11.9 Å². The van der Waals surface area contributed by atoms with Crippen LogP contribution in [0.3, 0.4) is 0 Å². The first-order valence-corrected chi connectivity index (χ1v) is 11.7. The van der Waals surface area contributed by atoms with E-state index in [9.17, 15) is 10.1 Å². The third kappa shape index (κ3) is 4.13. The van der Waals surface area contributed by atoms with Crippen LogP contribution < -0.4 is 10.6 Å². The molecule has 4 nitrogen and oxygen atoms in total. The maximum Gasteiger partial charge on any atom is 0.263 e. The smallest absolute Gasteiger partial charge is 0.263 e. The van der Waals surface area contributed by atoms with Crippen molar-refractivity contribution < 1.29 is 4.79 Å². The summed E-state index contributed by atoms with van der Waals surface area (Å²) in [4.78, 5) is 12.9. The van der Waals surface area contributed by atoms with Gasteiger partial charge >= 0.3 is 0 Å². The van der Waals surface area contributed by atoms with Crippen molar-refractivity contribution in [1.82, 2.24) is 10.6 Å².